The number of ether oxygens (including phenoxy) is 1. The lowest BCUT2D eigenvalue weighted by atomic mass is 10.0. The van der Waals surface area contributed by atoms with E-state index in [1.54, 1.807) is 7.11 Å². The fourth-order valence-corrected chi connectivity index (χ4v) is 2.93. The molecule has 0 radical (unpaired) electrons. The van der Waals surface area contributed by atoms with Crippen LogP contribution in [0.2, 0.25) is 0 Å². The van der Waals surface area contributed by atoms with Crippen molar-refractivity contribution in [2.45, 2.75) is 6.04 Å². The average Bonchev–Trinajstić information content (AvgIpc) is 3.04. The highest BCUT2D eigenvalue weighted by Gasteiger charge is 2.24. The highest BCUT2D eigenvalue weighted by Crippen LogP contribution is 2.37. The van der Waals surface area contributed by atoms with Crippen molar-refractivity contribution < 1.29 is 4.74 Å². The van der Waals surface area contributed by atoms with Crippen LogP contribution in [0.15, 0.2) is 66.9 Å². The summed E-state index contributed by atoms with van der Waals surface area (Å²) >= 11 is 0. The summed E-state index contributed by atoms with van der Waals surface area (Å²) < 4.78 is 7.49. The summed E-state index contributed by atoms with van der Waals surface area (Å²) in [4.78, 5) is 0. The number of benzene rings is 2. The van der Waals surface area contributed by atoms with Crippen molar-refractivity contribution in [2.24, 2.45) is 0 Å². The van der Waals surface area contributed by atoms with Gasteiger partial charge in [-0.25, -0.2) is 0 Å². The molecule has 0 spiro atoms. The maximum atomic E-state index is 5.24. The van der Waals surface area contributed by atoms with Gasteiger partial charge in [-0.1, -0.05) is 24.3 Å². The van der Waals surface area contributed by atoms with Gasteiger partial charge in [0.25, 0.3) is 0 Å². The monoisotopic (exact) mass is 276 g/mol. The second-order valence-corrected chi connectivity index (χ2v) is 5.17. The summed E-state index contributed by atoms with van der Waals surface area (Å²) in [6, 6.07) is 21.0. The number of para-hydroxylation sites is 2. The molecule has 104 valence electrons. The number of methoxy groups -OCH3 is 1. The van der Waals surface area contributed by atoms with E-state index in [4.69, 9.17) is 4.74 Å². The van der Waals surface area contributed by atoms with Crippen LogP contribution in [0.5, 0.6) is 5.75 Å². The highest BCUT2D eigenvalue weighted by molar-refractivity contribution is 5.66. The van der Waals surface area contributed by atoms with E-state index in [0.29, 0.717) is 0 Å². The zero-order chi connectivity index (χ0) is 14.2. The Morgan fingerprint density at radius 3 is 2.57 bits per heavy atom. The molecule has 0 amide bonds. The van der Waals surface area contributed by atoms with Crippen LogP contribution < -0.4 is 10.1 Å². The molecule has 0 saturated carbocycles. The Hall–Kier alpha value is -2.68. The molecule has 0 unspecified atom stereocenters. The number of anilines is 1. The highest BCUT2D eigenvalue weighted by atomic mass is 16.5. The number of rotatable bonds is 2. The lowest BCUT2D eigenvalue weighted by molar-refractivity contribution is 0.414. The first-order chi connectivity index (χ1) is 10.4. The van der Waals surface area contributed by atoms with Gasteiger partial charge in [-0.2, -0.15) is 0 Å². The normalized spacial score (nSPS) is 15.8. The van der Waals surface area contributed by atoms with Gasteiger partial charge in [0.05, 0.1) is 24.5 Å². The second kappa shape index (κ2) is 4.70. The third kappa shape index (κ3) is 1.89. The maximum Gasteiger partial charge on any atom is 0.118 e. The first kappa shape index (κ1) is 12.1. The fraction of sp³-hybridized carbons (Fsp3) is 0.111. The molecule has 0 saturated heterocycles. The Morgan fingerprint density at radius 1 is 0.952 bits per heavy atom. The van der Waals surface area contributed by atoms with Gasteiger partial charge < -0.3 is 14.6 Å². The molecule has 3 aromatic rings. The molecule has 1 atom stereocenters. The summed E-state index contributed by atoms with van der Waals surface area (Å²) in [7, 11) is 1.69. The van der Waals surface area contributed by atoms with Gasteiger partial charge >= 0.3 is 0 Å². The van der Waals surface area contributed by atoms with Crippen LogP contribution >= 0.6 is 0 Å². The molecular weight excluding hydrogens is 260 g/mol. The van der Waals surface area contributed by atoms with E-state index >= 15 is 0 Å². The summed E-state index contributed by atoms with van der Waals surface area (Å²) in [5, 5.41) is 3.63. The largest absolute Gasteiger partial charge is 0.497 e. The van der Waals surface area contributed by atoms with Gasteiger partial charge in [0, 0.05) is 11.9 Å². The van der Waals surface area contributed by atoms with Crippen molar-refractivity contribution in [3.63, 3.8) is 0 Å². The molecule has 3 nitrogen and oxygen atoms in total. The number of aromatic nitrogens is 1. The predicted octanol–water partition coefficient (Wildman–Crippen LogP) is 4.00. The number of hydrogen-bond donors (Lipinski definition) is 1. The topological polar surface area (TPSA) is 26.2 Å². The maximum absolute atomic E-state index is 5.24. The standard InChI is InChI=1S/C18H16N2O/c1-21-14-10-8-13(9-11-14)18-17-7-4-12-20(17)16-6-3-2-5-15(16)19-18/h2-12,18-19H,1H3/t18-/m0/s1. The molecular formula is C18H16N2O. The Bertz CT molecular complexity index is 774. The van der Waals surface area contributed by atoms with Crippen molar-refractivity contribution in [3.8, 4) is 11.4 Å². The number of nitrogens with zero attached hydrogens (tertiary/aromatic N) is 1. The average molecular weight is 276 g/mol. The molecule has 1 aliphatic heterocycles. The predicted molar refractivity (Wildman–Crippen MR) is 84.2 cm³/mol. The fourth-order valence-electron chi connectivity index (χ4n) is 2.93. The van der Waals surface area contributed by atoms with Crippen LogP contribution in [-0.4, -0.2) is 11.7 Å². The quantitative estimate of drug-likeness (QED) is 0.765. The van der Waals surface area contributed by atoms with Gasteiger partial charge in [-0.05, 0) is 42.0 Å². The Labute approximate surface area is 123 Å². The summed E-state index contributed by atoms with van der Waals surface area (Å²) in [5.41, 5.74) is 4.83. The van der Waals surface area contributed by atoms with Crippen molar-refractivity contribution in [2.75, 3.05) is 12.4 Å². The van der Waals surface area contributed by atoms with Crippen LogP contribution in [0.4, 0.5) is 5.69 Å². The van der Waals surface area contributed by atoms with Crippen molar-refractivity contribution in [1.82, 2.24) is 4.57 Å². The first-order valence-electron chi connectivity index (χ1n) is 7.04. The third-order valence-electron chi connectivity index (χ3n) is 3.99. The third-order valence-corrected chi connectivity index (χ3v) is 3.99. The molecule has 0 fully saturated rings. The minimum atomic E-state index is 0.154. The molecule has 2 heterocycles. The Balaban J connectivity index is 1.81. The smallest absolute Gasteiger partial charge is 0.118 e. The van der Waals surface area contributed by atoms with E-state index in [2.05, 4.69) is 64.6 Å². The lowest BCUT2D eigenvalue weighted by Gasteiger charge is -2.29. The van der Waals surface area contributed by atoms with Gasteiger partial charge in [0.2, 0.25) is 0 Å². The van der Waals surface area contributed by atoms with Crippen LogP contribution in [0.1, 0.15) is 17.3 Å². The van der Waals surface area contributed by atoms with Crippen molar-refractivity contribution >= 4 is 5.69 Å². The lowest BCUT2D eigenvalue weighted by Crippen LogP contribution is -2.21. The molecule has 21 heavy (non-hydrogen) atoms. The Morgan fingerprint density at radius 2 is 1.76 bits per heavy atom. The zero-order valence-electron chi connectivity index (χ0n) is 11.8. The van der Waals surface area contributed by atoms with E-state index in [1.165, 1.54) is 16.9 Å². The molecule has 2 aromatic carbocycles. The molecule has 0 aliphatic carbocycles. The first-order valence-corrected chi connectivity index (χ1v) is 7.04. The summed E-state index contributed by atoms with van der Waals surface area (Å²) in [6.45, 7) is 0. The van der Waals surface area contributed by atoms with Crippen molar-refractivity contribution in [3.05, 3.63) is 78.1 Å². The van der Waals surface area contributed by atoms with E-state index in [1.807, 2.05) is 12.1 Å². The van der Waals surface area contributed by atoms with Gasteiger partial charge in [-0.3, -0.25) is 0 Å². The number of fused-ring (bicyclic) bond motifs is 3. The molecule has 0 bridgehead atoms. The molecule has 1 N–H and O–H groups in total. The molecule has 4 rings (SSSR count). The summed E-state index contributed by atoms with van der Waals surface area (Å²) in [6.07, 6.45) is 2.12. The zero-order valence-corrected chi connectivity index (χ0v) is 11.8. The SMILES string of the molecule is COc1ccc([C@@H]2Nc3ccccc3-n3cccc32)cc1. The summed E-state index contributed by atoms with van der Waals surface area (Å²) in [5.74, 6) is 0.880. The van der Waals surface area contributed by atoms with Gasteiger partial charge in [-0.15, -0.1) is 0 Å². The second-order valence-electron chi connectivity index (χ2n) is 5.17. The van der Waals surface area contributed by atoms with Gasteiger partial charge in [0.1, 0.15) is 5.75 Å². The minimum absolute atomic E-state index is 0.154. The van der Waals surface area contributed by atoms with Crippen LogP contribution in [0.25, 0.3) is 5.69 Å². The number of nitrogens with one attached hydrogen (secondary N) is 1. The van der Waals surface area contributed by atoms with E-state index < -0.39 is 0 Å². The van der Waals surface area contributed by atoms with Crippen LogP contribution in [-0.2, 0) is 0 Å². The van der Waals surface area contributed by atoms with Gasteiger partial charge in [0.15, 0.2) is 0 Å². The number of hydrogen-bond acceptors (Lipinski definition) is 2. The molecule has 3 heteroatoms. The molecule has 1 aromatic heterocycles. The van der Waals surface area contributed by atoms with E-state index in [9.17, 15) is 0 Å². The molecule has 1 aliphatic rings. The van der Waals surface area contributed by atoms with Crippen LogP contribution in [0.3, 0.4) is 0 Å². The van der Waals surface area contributed by atoms with Crippen molar-refractivity contribution in [1.29, 1.82) is 0 Å². The van der Waals surface area contributed by atoms with Crippen LogP contribution in [0, 0.1) is 0 Å². The Kier molecular flexibility index (Phi) is 2.71. The van der Waals surface area contributed by atoms with E-state index in [-0.39, 0.29) is 6.04 Å². The minimum Gasteiger partial charge on any atom is -0.497 e. The van der Waals surface area contributed by atoms with E-state index in [0.717, 1.165) is 11.4 Å².